The van der Waals surface area contributed by atoms with E-state index in [9.17, 15) is 0 Å². The number of hydrogen-bond donors (Lipinski definition) is 1. The van der Waals surface area contributed by atoms with Crippen LogP contribution in [0.4, 0.5) is 0 Å². The van der Waals surface area contributed by atoms with Crippen LogP contribution >= 0.6 is 48.0 Å². The van der Waals surface area contributed by atoms with E-state index in [4.69, 9.17) is 0 Å². The number of hydrogen-bond acceptors (Lipinski definition) is 2. The highest BCUT2D eigenvalue weighted by molar-refractivity contribution is 14.0. The molecule has 4 heteroatoms. The van der Waals surface area contributed by atoms with E-state index in [0.29, 0.717) is 0 Å². The lowest BCUT2D eigenvalue weighted by Crippen LogP contribution is -2.26. The molecule has 1 rings (SSSR count). The van der Waals surface area contributed by atoms with Crippen molar-refractivity contribution in [2.75, 3.05) is 7.05 Å². The summed E-state index contributed by atoms with van der Waals surface area (Å²) in [6.45, 7) is 2.05. The summed E-state index contributed by atoms with van der Waals surface area (Å²) in [7, 11) is 1.96. The SMILES string of the molecule is CC1=CNN(C)C=C1.I.I. The van der Waals surface area contributed by atoms with E-state index in [1.165, 1.54) is 5.57 Å². The van der Waals surface area contributed by atoms with Gasteiger partial charge in [-0.2, -0.15) is 0 Å². The molecule has 0 aliphatic carbocycles. The van der Waals surface area contributed by atoms with Crippen LogP contribution in [0.3, 0.4) is 0 Å². The van der Waals surface area contributed by atoms with Crippen LogP contribution in [0.5, 0.6) is 0 Å². The molecule has 0 saturated heterocycles. The summed E-state index contributed by atoms with van der Waals surface area (Å²) >= 11 is 0. The Bertz CT molecular complexity index is 143. The fourth-order valence-electron chi connectivity index (χ4n) is 0.524. The van der Waals surface area contributed by atoms with Gasteiger partial charge in [0.2, 0.25) is 0 Å². The molecule has 2 nitrogen and oxygen atoms in total. The second-order valence-corrected chi connectivity index (χ2v) is 1.94. The molecule has 0 amide bonds. The Morgan fingerprint density at radius 1 is 1.40 bits per heavy atom. The van der Waals surface area contributed by atoms with Crippen LogP contribution < -0.4 is 5.43 Å². The fraction of sp³-hybridized carbons (Fsp3) is 0.333. The number of rotatable bonds is 0. The highest BCUT2D eigenvalue weighted by atomic mass is 127. The van der Waals surface area contributed by atoms with Crippen molar-refractivity contribution in [3.63, 3.8) is 0 Å². The Morgan fingerprint density at radius 3 is 2.30 bits per heavy atom. The number of allylic oxidation sites excluding steroid dienone is 2. The molecule has 0 saturated carbocycles. The van der Waals surface area contributed by atoms with Crippen molar-refractivity contribution >= 4 is 48.0 Å². The Labute approximate surface area is 95.7 Å². The third-order valence-corrected chi connectivity index (χ3v) is 1.06. The zero-order valence-electron chi connectivity index (χ0n) is 6.00. The fourth-order valence-corrected chi connectivity index (χ4v) is 0.524. The van der Waals surface area contributed by atoms with E-state index in [-0.39, 0.29) is 48.0 Å². The van der Waals surface area contributed by atoms with Crippen molar-refractivity contribution in [2.45, 2.75) is 6.92 Å². The lowest BCUT2D eigenvalue weighted by molar-refractivity contribution is 0.380. The predicted octanol–water partition coefficient (Wildman–Crippen LogP) is 2.09. The molecule has 0 unspecified atom stereocenters. The minimum absolute atomic E-state index is 0. The van der Waals surface area contributed by atoms with Crippen LogP contribution in [0.2, 0.25) is 0 Å². The molecule has 60 valence electrons. The van der Waals surface area contributed by atoms with Crippen molar-refractivity contribution in [1.29, 1.82) is 0 Å². The Hall–Kier alpha value is 0.540. The number of nitrogens with one attached hydrogen (secondary N) is 1. The van der Waals surface area contributed by atoms with E-state index in [2.05, 4.69) is 18.4 Å². The maximum atomic E-state index is 3.02. The van der Waals surface area contributed by atoms with Crippen molar-refractivity contribution in [1.82, 2.24) is 10.4 Å². The van der Waals surface area contributed by atoms with Crippen LogP contribution in [0, 0.1) is 0 Å². The molecule has 1 aliphatic rings. The second kappa shape index (κ2) is 6.26. The van der Waals surface area contributed by atoms with Gasteiger partial charge in [0, 0.05) is 19.4 Å². The minimum Gasteiger partial charge on any atom is -0.306 e. The summed E-state index contributed by atoms with van der Waals surface area (Å²) in [6.07, 6.45) is 5.99. The second-order valence-electron chi connectivity index (χ2n) is 1.94. The maximum Gasteiger partial charge on any atom is 0.0274 e. The van der Waals surface area contributed by atoms with Gasteiger partial charge in [-0.25, -0.2) is 0 Å². The molecule has 0 spiro atoms. The van der Waals surface area contributed by atoms with Crippen LogP contribution in [-0.4, -0.2) is 12.1 Å². The first-order valence-corrected chi connectivity index (χ1v) is 2.63. The zero-order valence-corrected chi connectivity index (χ0v) is 10.7. The van der Waals surface area contributed by atoms with Gasteiger partial charge in [0.15, 0.2) is 0 Å². The number of nitrogens with zero attached hydrogens (tertiary/aromatic N) is 1. The molecule has 10 heavy (non-hydrogen) atoms. The molecule has 1 aliphatic heterocycles. The van der Waals surface area contributed by atoms with Gasteiger partial charge in [0.25, 0.3) is 0 Å². The first kappa shape index (κ1) is 13.2. The number of halogens is 2. The first-order valence-electron chi connectivity index (χ1n) is 2.63. The van der Waals surface area contributed by atoms with Gasteiger partial charge >= 0.3 is 0 Å². The Morgan fingerprint density at radius 2 is 2.00 bits per heavy atom. The molecule has 0 bridgehead atoms. The maximum absolute atomic E-state index is 3.02. The monoisotopic (exact) mass is 366 g/mol. The predicted molar refractivity (Wildman–Crippen MR) is 64.6 cm³/mol. The van der Waals surface area contributed by atoms with Gasteiger partial charge in [0.05, 0.1) is 0 Å². The summed E-state index contributed by atoms with van der Waals surface area (Å²) in [5.41, 5.74) is 4.27. The van der Waals surface area contributed by atoms with Gasteiger partial charge in [-0.15, -0.1) is 48.0 Å². The van der Waals surface area contributed by atoms with Gasteiger partial charge in [-0.3, -0.25) is 5.01 Å². The smallest absolute Gasteiger partial charge is 0.0274 e. The average Bonchev–Trinajstić information content (AvgIpc) is 1.77. The summed E-state index contributed by atoms with van der Waals surface area (Å²) in [4.78, 5) is 0. The van der Waals surface area contributed by atoms with E-state index >= 15 is 0 Å². The van der Waals surface area contributed by atoms with Crippen molar-refractivity contribution in [3.8, 4) is 0 Å². The lowest BCUT2D eigenvalue weighted by Gasteiger charge is -2.17. The van der Waals surface area contributed by atoms with E-state index in [1.807, 2.05) is 24.5 Å². The molecule has 0 aromatic carbocycles. The highest BCUT2D eigenvalue weighted by Gasteiger charge is 1.90. The molecule has 1 heterocycles. The molecule has 0 fully saturated rings. The molecule has 1 N–H and O–H groups in total. The summed E-state index contributed by atoms with van der Waals surface area (Å²) in [5, 5.41) is 1.90. The summed E-state index contributed by atoms with van der Waals surface area (Å²) < 4.78 is 0. The van der Waals surface area contributed by atoms with Crippen LogP contribution in [0.15, 0.2) is 24.0 Å². The first-order chi connectivity index (χ1) is 3.79. The van der Waals surface area contributed by atoms with Gasteiger partial charge in [0.1, 0.15) is 0 Å². The molecule has 0 aromatic heterocycles. The Balaban J connectivity index is 0. The van der Waals surface area contributed by atoms with Gasteiger partial charge in [-0.1, -0.05) is 0 Å². The normalized spacial score (nSPS) is 14.2. The summed E-state index contributed by atoms with van der Waals surface area (Å²) in [6, 6.07) is 0. The van der Waals surface area contributed by atoms with Crippen LogP contribution in [0.1, 0.15) is 6.92 Å². The Kier molecular flexibility index (Phi) is 8.24. The van der Waals surface area contributed by atoms with E-state index < -0.39 is 0 Å². The minimum atomic E-state index is 0. The molecule has 0 radical (unpaired) electrons. The third kappa shape index (κ3) is 4.37. The highest BCUT2D eigenvalue weighted by Crippen LogP contribution is 1.97. The molecule has 0 aromatic rings. The van der Waals surface area contributed by atoms with Gasteiger partial charge in [-0.05, 0) is 18.6 Å². The molecular weight excluding hydrogens is 354 g/mol. The molecule has 0 atom stereocenters. The average molecular weight is 366 g/mol. The van der Waals surface area contributed by atoms with Crippen LogP contribution in [-0.2, 0) is 0 Å². The quantitative estimate of drug-likeness (QED) is 0.661. The molecular formula is C6H12I2N2. The topological polar surface area (TPSA) is 15.3 Å². The zero-order chi connectivity index (χ0) is 5.98. The van der Waals surface area contributed by atoms with E-state index in [1.54, 1.807) is 0 Å². The third-order valence-electron chi connectivity index (χ3n) is 1.06. The van der Waals surface area contributed by atoms with Crippen molar-refractivity contribution in [2.24, 2.45) is 0 Å². The van der Waals surface area contributed by atoms with Crippen LogP contribution in [0.25, 0.3) is 0 Å². The summed E-state index contributed by atoms with van der Waals surface area (Å²) in [5.74, 6) is 0. The van der Waals surface area contributed by atoms with Gasteiger partial charge < -0.3 is 5.43 Å². The van der Waals surface area contributed by atoms with Crippen molar-refractivity contribution in [3.05, 3.63) is 24.0 Å². The van der Waals surface area contributed by atoms with Crippen molar-refractivity contribution < 1.29 is 0 Å². The largest absolute Gasteiger partial charge is 0.306 e. The standard InChI is InChI=1S/C6H10N2.2HI/c1-6-3-4-8(2)7-5-6;;/h3-5,7H,1-2H3;2*1H. The van der Waals surface area contributed by atoms with E-state index in [0.717, 1.165) is 0 Å². The lowest BCUT2D eigenvalue weighted by atomic mass is 10.3. The number of hydrazine groups is 1.